The highest BCUT2D eigenvalue weighted by Crippen LogP contribution is 2.44. The first-order chi connectivity index (χ1) is 9.79. The van der Waals surface area contributed by atoms with Crippen molar-refractivity contribution in [1.29, 1.82) is 0 Å². The number of hydrogen-bond acceptors (Lipinski definition) is 2. The largest absolute Gasteiger partial charge is 0.322 e. The van der Waals surface area contributed by atoms with Gasteiger partial charge in [0.05, 0.1) is 0 Å². The molecule has 3 heteroatoms. The van der Waals surface area contributed by atoms with E-state index in [4.69, 9.17) is 0 Å². The van der Waals surface area contributed by atoms with Crippen LogP contribution in [0.4, 0.5) is 0 Å². The number of benzene rings is 1. The number of H-pyrrole nitrogens is 1. The summed E-state index contributed by atoms with van der Waals surface area (Å²) in [7, 11) is 0. The van der Waals surface area contributed by atoms with Gasteiger partial charge in [0, 0.05) is 23.7 Å². The van der Waals surface area contributed by atoms with Gasteiger partial charge >= 0.3 is 0 Å². The van der Waals surface area contributed by atoms with E-state index in [2.05, 4.69) is 10.3 Å². The number of hydrogen-bond donors (Lipinski definition) is 2. The van der Waals surface area contributed by atoms with Crippen LogP contribution in [0.25, 0.3) is 10.9 Å². The van der Waals surface area contributed by atoms with Crippen molar-refractivity contribution in [1.82, 2.24) is 10.3 Å². The summed E-state index contributed by atoms with van der Waals surface area (Å²) in [6.45, 7) is 0.689. The van der Waals surface area contributed by atoms with Crippen LogP contribution in [-0.2, 0) is 6.54 Å². The molecule has 0 radical (unpaired) electrons. The van der Waals surface area contributed by atoms with Crippen LogP contribution in [0.15, 0.2) is 35.1 Å². The van der Waals surface area contributed by atoms with Gasteiger partial charge in [-0.1, -0.05) is 24.6 Å². The van der Waals surface area contributed by atoms with Crippen LogP contribution in [0.2, 0.25) is 0 Å². The lowest BCUT2D eigenvalue weighted by Gasteiger charge is -2.22. The second-order valence-corrected chi connectivity index (χ2v) is 6.37. The third-order valence-corrected chi connectivity index (χ3v) is 5.12. The molecule has 0 saturated heterocycles. The number of rotatable bonds is 3. The maximum Gasteiger partial charge on any atom is 0.252 e. The highest BCUT2D eigenvalue weighted by Gasteiger charge is 2.38. The molecule has 1 heterocycles. The van der Waals surface area contributed by atoms with Crippen LogP contribution < -0.4 is 10.9 Å². The van der Waals surface area contributed by atoms with Gasteiger partial charge in [-0.25, -0.2) is 0 Å². The van der Waals surface area contributed by atoms with Gasteiger partial charge in [0.2, 0.25) is 0 Å². The first-order valence-corrected chi connectivity index (χ1v) is 7.64. The summed E-state index contributed by atoms with van der Waals surface area (Å²) in [5.74, 6) is 1.78. The zero-order valence-electron chi connectivity index (χ0n) is 11.6. The Morgan fingerprint density at radius 3 is 2.90 bits per heavy atom. The van der Waals surface area contributed by atoms with Crippen molar-refractivity contribution in [3.8, 4) is 0 Å². The Hall–Kier alpha value is -1.61. The molecular weight excluding hydrogens is 248 g/mol. The Morgan fingerprint density at radius 2 is 2.10 bits per heavy atom. The van der Waals surface area contributed by atoms with Crippen LogP contribution in [0.1, 0.15) is 31.2 Å². The average Bonchev–Trinajstić information content (AvgIpc) is 3.07. The van der Waals surface area contributed by atoms with E-state index in [1.165, 1.54) is 25.7 Å². The standard InChI is InChI=1S/C17H20N2O/c20-17-14(9-12-3-1-2-4-15(12)19-17)10-18-16-8-11-5-6-13(16)7-11/h1-4,9,11,13,16,18H,5-8,10H2,(H,19,20). The van der Waals surface area contributed by atoms with Crippen molar-refractivity contribution in [3.05, 3.63) is 46.2 Å². The minimum atomic E-state index is 0.0411. The fourth-order valence-electron chi connectivity index (χ4n) is 4.06. The average molecular weight is 268 g/mol. The molecule has 3 unspecified atom stereocenters. The quantitative estimate of drug-likeness (QED) is 0.899. The zero-order chi connectivity index (χ0) is 13.5. The SMILES string of the molecule is O=c1[nH]c2ccccc2cc1CNC1CC2CCC1C2. The molecule has 20 heavy (non-hydrogen) atoms. The molecule has 2 aromatic rings. The Bertz CT molecular complexity index is 691. The molecule has 1 aromatic carbocycles. The van der Waals surface area contributed by atoms with Gasteiger partial charge in [-0.15, -0.1) is 0 Å². The first-order valence-electron chi connectivity index (χ1n) is 7.64. The van der Waals surface area contributed by atoms with Gasteiger partial charge in [0.15, 0.2) is 0 Å². The molecule has 0 aliphatic heterocycles. The smallest absolute Gasteiger partial charge is 0.252 e. The van der Waals surface area contributed by atoms with Crippen molar-refractivity contribution >= 4 is 10.9 Å². The topological polar surface area (TPSA) is 44.9 Å². The molecule has 104 valence electrons. The fraction of sp³-hybridized carbons (Fsp3) is 0.471. The van der Waals surface area contributed by atoms with Crippen molar-refractivity contribution in [2.45, 2.75) is 38.3 Å². The molecule has 3 nitrogen and oxygen atoms in total. The normalized spacial score (nSPS) is 28.3. The summed E-state index contributed by atoms with van der Waals surface area (Å²) in [5.41, 5.74) is 1.81. The van der Waals surface area contributed by atoms with Crippen LogP contribution in [0, 0.1) is 11.8 Å². The monoisotopic (exact) mass is 268 g/mol. The molecule has 1 aromatic heterocycles. The minimum absolute atomic E-state index is 0.0411. The Labute approximate surface area is 118 Å². The van der Waals surface area contributed by atoms with Crippen LogP contribution in [0.5, 0.6) is 0 Å². The number of para-hydroxylation sites is 1. The van der Waals surface area contributed by atoms with E-state index in [1.54, 1.807) is 0 Å². The predicted octanol–water partition coefficient (Wildman–Crippen LogP) is 2.81. The molecule has 0 spiro atoms. The van der Waals surface area contributed by atoms with E-state index in [-0.39, 0.29) is 5.56 Å². The predicted molar refractivity (Wildman–Crippen MR) is 80.6 cm³/mol. The number of aromatic amines is 1. The molecule has 2 aliphatic carbocycles. The summed E-state index contributed by atoms with van der Waals surface area (Å²) in [6, 6.07) is 10.6. The summed E-state index contributed by atoms with van der Waals surface area (Å²) >= 11 is 0. The van der Waals surface area contributed by atoms with Gasteiger partial charge < -0.3 is 10.3 Å². The highest BCUT2D eigenvalue weighted by atomic mass is 16.1. The molecule has 3 atom stereocenters. The third-order valence-electron chi connectivity index (χ3n) is 5.12. The van der Waals surface area contributed by atoms with Gasteiger partial charge in [-0.2, -0.15) is 0 Å². The molecule has 2 fully saturated rings. The molecule has 0 amide bonds. The summed E-state index contributed by atoms with van der Waals surface area (Å²) in [6.07, 6.45) is 5.48. The maximum atomic E-state index is 12.1. The van der Waals surface area contributed by atoms with Crippen molar-refractivity contribution in [2.75, 3.05) is 0 Å². The van der Waals surface area contributed by atoms with Gasteiger partial charge in [0.1, 0.15) is 0 Å². The highest BCUT2D eigenvalue weighted by molar-refractivity contribution is 5.78. The molecule has 2 saturated carbocycles. The third kappa shape index (κ3) is 2.06. The molecule has 2 aliphatic rings. The van der Waals surface area contributed by atoms with Crippen LogP contribution in [0.3, 0.4) is 0 Å². The lowest BCUT2D eigenvalue weighted by atomic mass is 9.95. The van der Waals surface area contributed by atoms with Crippen LogP contribution in [-0.4, -0.2) is 11.0 Å². The first kappa shape index (κ1) is 12.2. The van der Waals surface area contributed by atoms with Crippen molar-refractivity contribution in [3.63, 3.8) is 0 Å². The minimum Gasteiger partial charge on any atom is -0.322 e. The number of pyridine rings is 1. The summed E-state index contributed by atoms with van der Waals surface area (Å²) < 4.78 is 0. The van der Waals surface area contributed by atoms with E-state index in [1.807, 2.05) is 30.3 Å². The summed E-state index contributed by atoms with van der Waals surface area (Å²) in [4.78, 5) is 15.1. The Balaban J connectivity index is 1.53. The second-order valence-electron chi connectivity index (χ2n) is 6.37. The fourth-order valence-corrected chi connectivity index (χ4v) is 4.06. The number of fused-ring (bicyclic) bond motifs is 3. The Morgan fingerprint density at radius 1 is 1.20 bits per heavy atom. The lowest BCUT2D eigenvalue weighted by Crippen LogP contribution is -2.34. The van der Waals surface area contributed by atoms with Gasteiger partial charge in [0.25, 0.3) is 5.56 Å². The van der Waals surface area contributed by atoms with E-state index in [9.17, 15) is 4.79 Å². The second kappa shape index (κ2) is 4.74. The van der Waals surface area contributed by atoms with Gasteiger partial charge in [-0.3, -0.25) is 4.79 Å². The van der Waals surface area contributed by atoms with Crippen molar-refractivity contribution < 1.29 is 0 Å². The molecule has 4 rings (SSSR count). The Kier molecular flexibility index (Phi) is 2.88. The zero-order valence-corrected chi connectivity index (χ0v) is 11.6. The summed E-state index contributed by atoms with van der Waals surface area (Å²) in [5, 5.41) is 4.72. The molecule has 2 bridgehead atoms. The van der Waals surface area contributed by atoms with Crippen molar-refractivity contribution in [2.24, 2.45) is 11.8 Å². The van der Waals surface area contributed by atoms with E-state index < -0.39 is 0 Å². The van der Waals surface area contributed by atoms with E-state index in [0.29, 0.717) is 12.6 Å². The number of nitrogens with one attached hydrogen (secondary N) is 2. The van der Waals surface area contributed by atoms with E-state index in [0.717, 1.165) is 28.3 Å². The maximum absolute atomic E-state index is 12.1. The molecular formula is C17H20N2O. The van der Waals surface area contributed by atoms with E-state index >= 15 is 0 Å². The number of aromatic nitrogens is 1. The molecule has 2 N–H and O–H groups in total. The van der Waals surface area contributed by atoms with Crippen LogP contribution >= 0.6 is 0 Å². The lowest BCUT2D eigenvalue weighted by molar-refractivity contribution is 0.350. The van der Waals surface area contributed by atoms with Gasteiger partial charge in [-0.05, 0) is 48.6 Å².